The molecule has 2 aromatic rings. The largest absolute Gasteiger partial charge is 0.455 e. The van der Waals surface area contributed by atoms with Crippen LogP contribution >= 0.6 is 23.2 Å². The molecule has 0 aliphatic heterocycles. The first-order valence-electron chi connectivity index (χ1n) is 6.65. The highest BCUT2D eigenvalue weighted by Gasteiger charge is 2.30. The smallest absolute Gasteiger partial charge is 0.227 e. The van der Waals surface area contributed by atoms with E-state index in [2.05, 4.69) is 5.32 Å². The quantitative estimate of drug-likeness (QED) is 0.847. The van der Waals surface area contributed by atoms with Crippen molar-refractivity contribution < 1.29 is 9.53 Å². The molecule has 1 amide bonds. The second kappa shape index (κ2) is 5.96. The summed E-state index contributed by atoms with van der Waals surface area (Å²) in [6.07, 6.45) is 1.89. The first-order chi connectivity index (χ1) is 10.1. The van der Waals surface area contributed by atoms with Gasteiger partial charge < -0.3 is 10.1 Å². The Bertz CT molecular complexity index is 666. The molecule has 0 bridgehead atoms. The van der Waals surface area contributed by atoms with E-state index in [1.807, 2.05) is 0 Å². The third-order valence-corrected chi connectivity index (χ3v) is 3.68. The standard InChI is InChI=1S/C16H13Cl2NO2/c17-11-3-6-13(7-4-11)21-15-8-5-12(18)9-14(15)19-16(20)10-1-2-10/h3-10H,1-2H2,(H,19,20). The van der Waals surface area contributed by atoms with Crippen molar-refractivity contribution in [3.05, 3.63) is 52.5 Å². The maximum absolute atomic E-state index is 11.9. The monoisotopic (exact) mass is 321 g/mol. The Kier molecular flexibility index (Phi) is 4.04. The summed E-state index contributed by atoms with van der Waals surface area (Å²) in [5.74, 6) is 1.32. The molecule has 0 spiro atoms. The summed E-state index contributed by atoms with van der Waals surface area (Å²) in [4.78, 5) is 11.9. The topological polar surface area (TPSA) is 38.3 Å². The zero-order valence-electron chi connectivity index (χ0n) is 11.1. The molecular formula is C16H13Cl2NO2. The highest BCUT2D eigenvalue weighted by atomic mass is 35.5. The molecule has 3 nitrogen and oxygen atoms in total. The summed E-state index contributed by atoms with van der Waals surface area (Å²) >= 11 is 11.8. The maximum Gasteiger partial charge on any atom is 0.227 e. The summed E-state index contributed by atoms with van der Waals surface area (Å²) in [7, 11) is 0. The minimum Gasteiger partial charge on any atom is -0.455 e. The molecule has 2 aromatic carbocycles. The minimum absolute atomic E-state index is 0.0122. The number of carbonyl (C=O) groups excluding carboxylic acids is 1. The molecule has 1 N–H and O–H groups in total. The number of nitrogens with one attached hydrogen (secondary N) is 1. The second-order valence-electron chi connectivity index (χ2n) is 4.96. The Morgan fingerprint density at radius 2 is 1.71 bits per heavy atom. The van der Waals surface area contributed by atoms with Crippen molar-refractivity contribution in [1.29, 1.82) is 0 Å². The van der Waals surface area contributed by atoms with E-state index in [1.165, 1.54) is 0 Å². The van der Waals surface area contributed by atoms with Crippen LogP contribution in [0.15, 0.2) is 42.5 Å². The molecule has 1 aliphatic carbocycles. The van der Waals surface area contributed by atoms with Crippen LogP contribution in [0.5, 0.6) is 11.5 Å². The summed E-state index contributed by atoms with van der Waals surface area (Å²) in [5.41, 5.74) is 0.578. The molecule has 0 saturated heterocycles. The Morgan fingerprint density at radius 1 is 1.05 bits per heavy atom. The predicted octanol–water partition coefficient (Wildman–Crippen LogP) is 5.13. The fourth-order valence-electron chi connectivity index (χ4n) is 1.90. The van der Waals surface area contributed by atoms with E-state index < -0.39 is 0 Å². The van der Waals surface area contributed by atoms with Gasteiger partial charge in [-0.2, -0.15) is 0 Å². The summed E-state index contributed by atoms with van der Waals surface area (Å²) in [6.45, 7) is 0. The van der Waals surface area contributed by atoms with Crippen LogP contribution in [0.2, 0.25) is 10.0 Å². The molecule has 0 atom stereocenters. The van der Waals surface area contributed by atoms with E-state index in [4.69, 9.17) is 27.9 Å². The number of hydrogen-bond donors (Lipinski definition) is 1. The van der Waals surface area contributed by atoms with Gasteiger partial charge in [-0.05, 0) is 55.3 Å². The summed E-state index contributed by atoms with van der Waals surface area (Å²) in [6, 6.07) is 12.2. The van der Waals surface area contributed by atoms with Gasteiger partial charge in [0.15, 0.2) is 5.75 Å². The average molecular weight is 322 g/mol. The van der Waals surface area contributed by atoms with Crippen molar-refractivity contribution in [3.63, 3.8) is 0 Å². The van der Waals surface area contributed by atoms with E-state index in [1.54, 1.807) is 42.5 Å². The number of benzene rings is 2. The number of rotatable bonds is 4. The second-order valence-corrected chi connectivity index (χ2v) is 5.83. The molecule has 3 rings (SSSR count). The third kappa shape index (κ3) is 3.69. The molecule has 108 valence electrons. The summed E-state index contributed by atoms with van der Waals surface area (Å²) < 4.78 is 5.79. The molecule has 1 fully saturated rings. The zero-order chi connectivity index (χ0) is 14.8. The Morgan fingerprint density at radius 3 is 2.38 bits per heavy atom. The first kappa shape index (κ1) is 14.2. The number of halogens is 2. The Balaban J connectivity index is 1.82. The molecule has 21 heavy (non-hydrogen) atoms. The predicted molar refractivity (Wildman–Crippen MR) is 84.3 cm³/mol. The van der Waals surface area contributed by atoms with Crippen LogP contribution in [0.25, 0.3) is 0 Å². The van der Waals surface area contributed by atoms with Gasteiger partial charge in [0.25, 0.3) is 0 Å². The lowest BCUT2D eigenvalue weighted by atomic mass is 10.2. The van der Waals surface area contributed by atoms with Crippen molar-refractivity contribution in [2.24, 2.45) is 5.92 Å². The highest BCUT2D eigenvalue weighted by Crippen LogP contribution is 2.35. The third-order valence-electron chi connectivity index (χ3n) is 3.19. The lowest BCUT2D eigenvalue weighted by Crippen LogP contribution is -2.13. The van der Waals surface area contributed by atoms with Gasteiger partial charge >= 0.3 is 0 Å². The van der Waals surface area contributed by atoms with Crippen molar-refractivity contribution in [1.82, 2.24) is 0 Å². The number of ether oxygens (including phenoxy) is 1. The lowest BCUT2D eigenvalue weighted by molar-refractivity contribution is -0.117. The van der Waals surface area contributed by atoms with E-state index >= 15 is 0 Å². The van der Waals surface area contributed by atoms with Crippen LogP contribution in [0.3, 0.4) is 0 Å². The molecule has 5 heteroatoms. The molecule has 1 aliphatic rings. The van der Waals surface area contributed by atoms with Gasteiger partial charge in [0, 0.05) is 16.0 Å². The van der Waals surface area contributed by atoms with Gasteiger partial charge in [0.1, 0.15) is 5.75 Å². The number of hydrogen-bond acceptors (Lipinski definition) is 2. The van der Waals surface area contributed by atoms with Crippen molar-refractivity contribution in [3.8, 4) is 11.5 Å². The number of anilines is 1. The van der Waals surface area contributed by atoms with Crippen LogP contribution in [-0.2, 0) is 4.79 Å². The molecule has 0 unspecified atom stereocenters. The SMILES string of the molecule is O=C(Nc1cc(Cl)ccc1Oc1ccc(Cl)cc1)C1CC1. The van der Waals surface area contributed by atoms with Gasteiger partial charge in [0.05, 0.1) is 5.69 Å². The molecule has 1 saturated carbocycles. The number of carbonyl (C=O) groups is 1. The van der Waals surface area contributed by atoms with Crippen molar-refractivity contribution in [2.45, 2.75) is 12.8 Å². The van der Waals surface area contributed by atoms with Crippen LogP contribution < -0.4 is 10.1 Å². The number of amides is 1. The molecule has 0 heterocycles. The van der Waals surface area contributed by atoms with E-state index in [0.29, 0.717) is 27.2 Å². The van der Waals surface area contributed by atoms with Gasteiger partial charge in [-0.15, -0.1) is 0 Å². The van der Waals surface area contributed by atoms with Crippen molar-refractivity contribution in [2.75, 3.05) is 5.32 Å². The fourth-order valence-corrected chi connectivity index (χ4v) is 2.20. The Hall–Kier alpha value is -1.71. The van der Waals surface area contributed by atoms with Gasteiger partial charge in [0.2, 0.25) is 5.91 Å². The zero-order valence-corrected chi connectivity index (χ0v) is 12.6. The van der Waals surface area contributed by atoms with E-state index in [9.17, 15) is 4.79 Å². The molecular weight excluding hydrogens is 309 g/mol. The maximum atomic E-state index is 11.9. The van der Waals surface area contributed by atoms with Gasteiger partial charge in [-0.1, -0.05) is 23.2 Å². The Labute approximate surface area is 132 Å². The van der Waals surface area contributed by atoms with Crippen molar-refractivity contribution >= 4 is 34.8 Å². The minimum atomic E-state index is 0.0122. The lowest BCUT2D eigenvalue weighted by Gasteiger charge is -2.12. The normalized spacial score (nSPS) is 13.8. The van der Waals surface area contributed by atoms with Crippen LogP contribution in [-0.4, -0.2) is 5.91 Å². The first-order valence-corrected chi connectivity index (χ1v) is 7.41. The fraction of sp³-hybridized carbons (Fsp3) is 0.188. The van der Waals surface area contributed by atoms with Crippen LogP contribution in [0.1, 0.15) is 12.8 Å². The van der Waals surface area contributed by atoms with Crippen LogP contribution in [0, 0.1) is 5.92 Å². The highest BCUT2D eigenvalue weighted by molar-refractivity contribution is 6.31. The molecule has 0 radical (unpaired) electrons. The summed E-state index contributed by atoms with van der Waals surface area (Å²) in [5, 5.41) is 4.06. The molecule has 0 aromatic heterocycles. The van der Waals surface area contributed by atoms with Gasteiger partial charge in [-0.25, -0.2) is 0 Å². The van der Waals surface area contributed by atoms with Gasteiger partial charge in [-0.3, -0.25) is 4.79 Å². The van der Waals surface area contributed by atoms with E-state index in [-0.39, 0.29) is 11.8 Å². The average Bonchev–Trinajstić information content (AvgIpc) is 3.28. The van der Waals surface area contributed by atoms with E-state index in [0.717, 1.165) is 12.8 Å². The van der Waals surface area contributed by atoms with Crippen LogP contribution in [0.4, 0.5) is 5.69 Å².